The fraction of sp³-hybridized carbons (Fsp3) is 0.393. The van der Waals surface area contributed by atoms with Gasteiger partial charge in [-0.3, -0.25) is 14.6 Å². The number of halogens is 2. The molecule has 41 heavy (non-hydrogen) atoms. The van der Waals surface area contributed by atoms with Gasteiger partial charge in [0.05, 0.1) is 18.8 Å². The number of nitrogens with zero attached hydrogens (tertiary/aromatic N) is 4. The van der Waals surface area contributed by atoms with Crippen molar-refractivity contribution in [3.63, 3.8) is 0 Å². The van der Waals surface area contributed by atoms with Gasteiger partial charge in [0, 0.05) is 22.2 Å². The van der Waals surface area contributed by atoms with Gasteiger partial charge in [-0.15, -0.1) is 5.10 Å². The van der Waals surface area contributed by atoms with E-state index in [1.54, 1.807) is 32.2 Å². The highest BCUT2D eigenvalue weighted by molar-refractivity contribution is 6.34. The number of methoxy groups -OCH3 is 1. The first-order valence-corrected chi connectivity index (χ1v) is 13.9. The Labute approximate surface area is 249 Å². The Kier molecular flexibility index (Phi) is 11.4. The summed E-state index contributed by atoms with van der Waals surface area (Å²) in [5.74, 6) is 0.250. The molecular formula is C28H36Cl2N8O3. The summed E-state index contributed by atoms with van der Waals surface area (Å²) in [4.78, 5) is 35.2. The average Bonchev–Trinajstić information content (AvgIpc) is 3.30. The predicted molar refractivity (Wildman–Crippen MR) is 161 cm³/mol. The van der Waals surface area contributed by atoms with Gasteiger partial charge in [0.25, 0.3) is 5.91 Å². The van der Waals surface area contributed by atoms with Gasteiger partial charge in [0.2, 0.25) is 11.7 Å². The molecule has 3 rings (SSSR count). The molecule has 2 atom stereocenters. The Hall–Kier alpha value is -3.83. The van der Waals surface area contributed by atoms with Crippen molar-refractivity contribution in [2.75, 3.05) is 13.7 Å². The Morgan fingerprint density at radius 1 is 1.10 bits per heavy atom. The molecule has 0 radical (unpaired) electrons. The second kappa shape index (κ2) is 14.7. The Balaban J connectivity index is 1.85. The number of carbonyl (C=O) groups excluding carboxylic acids is 2. The van der Waals surface area contributed by atoms with Crippen molar-refractivity contribution < 1.29 is 14.3 Å². The van der Waals surface area contributed by atoms with Crippen molar-refractivity contribution in [2.45, 2.75) is 52.1 Å². The van der Waals surface area contributed by atoms with Crippen LogP contribution in [0.5, 0.6) is 5.75 Å². The Morgan fingerprint density at radius 2 is 1.78 bits per heavy atom. The zero-order valence-electron chi connectivity index (χ0n) is 23.5. The van der Waals surface area contributed by atoms with Crippen molar-refractivity contribution in [1.29, 1.82) is 0 Å². The quantitative estimate of drug-likeness (QED) is 0.131. The molecule has 11 nitrogen and oxygen atoms in total. The largest absolute Gasteiger partial charge is 0.496 e. The van der Waals surface area contributed by atoms with Gasteiger partial charge in [-0.1, -0.05) is 55.2 Å². The SMILES string of the molecule is COc1ccccc1C(CC(C)C)NC(=O)C(CCCN=C(N)N)NC(=O)c1nc(C)n(-c2cc(Cl)cc(Cl)c2)n1. The third kappa shape index (κ3) is 9.09. The van der Waals surface area contributed by atoms with E-state index in [1.807, 2.05) is 24.3 Å². The van der Waals surface area contributed by atoms with Gasteiger partial charge >= 0.3 is 0 Å². The maximum absolute atomic E-state index is 13.6. The van der Waals surface area contributed by atoms with Crippen molar-refractivity contribution >= 4 is 41.0 Å². The number of nitrogens with one attached hydrogen (secondary N) is 2. The van der Waals surface area contributed by atoms with E-state index in [-0.39, 0.29) is 36.1 Å². The number of guanidine groups is 1. The van der Waals surface area contributed by atoms with Crippen LogP contribution in [0.15, 0.2) is 47.5 Å². The smallest absolute Gasteiger partial charge is 0.291 e. The molecule has 0 aliphatic carbocycles. The topological polar surface area (TPSA) is 163 Å². The molecule has 0 aliphatic heterocycles. The highest BCUT2D eigenvalue weighted by Crippen LogP contribution is 2.29. The monoisotopic (exact) mass is 602 g/mol. The molecule has 6 N–H and O–H groups in total. The molecular weight excluding hydrogens is 567 g/mol. The first-order valence-electron chi connectivity index (χ1n) is 13.2. The lowest BCUT2D eigenvalue weighted by molar-refractivity contribution is -0.124. The molecule has 2 aromatic carbocycles. The molecule has 0 aliphatic rings. The van der Waals surface area contributed by atoms with Gasteiger partial charge in [0.15, 0.2) is 5.96 Å². The second-order valence-corrected chi connectivity index (χ2v) is 10.8. The molecule has 13 heteroatoms. The molecule has 0 spiro atoms. The number of para-hydroxylation sites is 1. The zero-order chi connectivity index (χ0) is 30.1. The fourth-order valence-corrected chi connectivity index (χ4v) is 4.86. The van der Waals surface area contributed by atoms with Crippen molar-refractivity contribution in [3.05, 3.63) is 69.7 Å². The third-order valence-corrected chi connectivity index (χ3v) is 6.61. The fourth-order valence-electron chi connectivity index (χ4n) is 4.35. The molecule has 0 bridgehead atoms. The number of hydrogen-bond donors (Lipinski definition) is 4. The standard InChI is InChI=1S/C28H36Cl2N8O3/c1-16(2)12-23(21-8-5-6-10-24(21)41-4)36-26(39)22(9-7-11-33-28(31)32)35-27(40)25-34-17(3)38(37-25)20-14-18(29)13-19(30)15-20/h5-6,8,10,13-16,22-23H,7,9,11-12H2,1-4H3,(H,35,40)(H,36,39)(H4,31,32,33). The lowest BCUT2D eigenvalue weighted by Crippen LogP contribution is -2.48. The highest BCUT2D eigenvalue weighted by Gasteiger charge is 2.27. The van der Waals surface area contributed by atoms with Crippen molar-refractivity contribution in [2.24, 2.45) is 22.4 Å². The molecule has 0 fully saturated rings. The zero-order valence-corrected chi connectivity index (χ0v) is 25.0. The van der Waals surface area contributed by atoms with Crippen LogP contribution < -0.4 is 26.8 Å². The van der Waals surface area contributed by atoms with Crippen LogP contribution in [0.4, 0.5) is 0 Å². The van der Waals surface area contributed by atoms with E-state index in [2.05, 4.69) is 39.6 Å². The Morgan fingerprint density at radius 3 is 2.41 bits per heavy atom. The predicted octanol–water partition coefficient (Wildman–Crippen LogP) is 3.95. The summed E-state index contributed by atoms with van der Waals surface area (Å²) in [5, 5.41) is 11.1. The molecule has 3 aromatic rings. The molecule has 0 saturated carbocycles. The lowest BCUT2D eigenvalue weighted by atomic mass is 9.95. The van der Waals surface area contributed by atoms with E-state index in [0.29, 0.717) is 46.7 Å². The van der Waals surface area contributed by atoms with E-state index >= 15 is 0 Å². The van der Waals surface area contributed by atoms with Crippen molar-refractivity contribution in [3.8, 4) is 11.4 Å². The van der Waals surface area contributed by atoms with Crippen LogP contribution in [0.25, 0.3) is 5.69 Å². The van der Waals surface area contributed by atoms with Gasteiger partial charge in [-0.2, -0.15) is 0 Å². The highest BCUT2D eigenvalue weighted by atomic mass is 35.5. The number of aromatic nitrogens is 3. The summed E-state index contributed by atoms with van der Waals surface area (Å²) in [6.45, 7) is 6.13. The van der Waals surface area contributed by atoms with Crippen LogP contribution in [-0.2, 0) is 4.79 Å². The summed E-state index contributed by atoms with van der Waals surface area (Å²) >= 11 is 12.3. The van der Waals surface area contributed by atoms with E-state index in [4.69, 9.17) is 39.4 Å². The van der Waals surface area contributed by atoms with Gasteiger partial charge < -0.3 is 26.8 Å². The van der Waals surface area contributed by atoms with Gasteiger partial charge in [-0.05, 0) is 56.4 Å². The van der Waals surface area contributed by atoms with Crippen LogP contribution in [0.3, 0.4) is 0 Å². The summed E-state index contributed by atoms with van der Waals surface area (Å²) in [6, 6.07) is 11.2. The number of ether oxygens (including phenoxy) is 1. The summed E-state index contributed by atoms with van der Waals surface area (Å²) in [6.07, 6.45) is 1.38. The van der Waals surface area contributed by atoms with Crippen LogP contribution in [0, 0.1) is 12.8 Å². The van der Waals surface area contributed by atoms with Crippen LogP contribution in [-0.4, -0.2) is 52.2 Å². The number of rotatable bonds is 13. The molecule has 0 saturated heterocycles. The van der Waals surface area contributed by atoms with Gasteiger partial charge in [0.1, 0.15) is 17.6 Å². The average molecular weight is 604 g/mol. The Bertz CT molecular complexity index is 1370. The van der Waals surface area contributed by atoms with Crippen molar-refractivity contribution in [1.82, 2.24) is 25.4 Å². The summed E-state index contributed by atoms with van der Waals surface area (Å²) in [5.41, 5.74) is 12.3. The maximum atomic E-state index is 13.6. The van der Waals surface area contributed by atoms with E-state index < -0.39 is 11.9 Å². The maximum Gasteiger partial charge on any atom is 0.291 e. The molecule has 2 amide bonds. The molecule has 1 aromatic heterocycles. The number of benzene rings is 2. The van der Waals surface area contributed by atoms with Crippen LogP contribution >= 0.6 is 23.2 Å². The molecule has 220 valence electrons. The number of carbonyl (C=O) groups is 2. The molecule has 2 unspecified atom stereocenters. The van der Waals surface area contributed by atoms with E-state index in [1.165, 1.54) is 4.68 Å². The third-order valence-electron chi connectivity index (χ3n) is 6.17. The first-order chi connectivity index (χ1) is 19.5. The first kappa shape index (κ1) is 31.7. The minimum Gasteiger partial charge on any atom is -0.496 e. The van der Waals surface area contributed by atoms with E-state index in [0.717, 1.165) is 5.56 Å². The second-order valence-electron chi connectivity index (χ2n) is 9.93. The normalized spacial score (nSPS) is 12.5. The van der Waals surface area contributed by atoms with Gasteiger partial charge in [-0.25, -0.2) is 9.67 Å². The van der Waals surface area contributed by atoms with E-state index in [9.17, 15) is 9.59 Å². The lowest BCUT2D eigenvalue weighted by Gasteiger charge is -2.26. The minimum absolute atomic E-state index is 0.0467. The molecule has 1 heterocycles. The summed E-state index contributed by atoms with van der Waals surface area (Å²) < 4.78 is 7.00. The van der Waals surface area contributed by atoms with Crippen LogP contribution in [0.2, 0.25) is 10.0 Å². The summed E-state index contributed by atoms with van der Waals surface area (Å²) in [7, 11) is 1.59. The number of amides is 2. The van der Waals surface area contributed by atoms with Crippen LogP contribution in [0.1, 0.15) is 61.2 Å². The minimum atomic E-state index is -0.908. The number of hydrogen-bond acceptors (Lipinski definition) is 6. The number of nitrogens with two attached hydrogens (primary N) is 2. The number of aryl methyl sites for hydroxylation is 1. The number of aliphatic imine (C=N–C) groups is 1.